The van der Waals surface area contributed by atoms with Gasteiger partial charge in [-0.3, -0.25) is 0 Å². The molecule has 0 bridgehead atoms. The van der Waals surface area contributed by atoms with Crippen LogP contribution in [0.5, 0.6) is 0 Å². The van der Waals surface area contributed by atoms with Gasteiger partial charge in [-0.25, -0.2) is 0 Å². The van der Waals surface area contributed by atoms with E-state index in [1.54, 1.807) is 0 Å². The number of benzene rings is 1. The predicted octanol–water partition coefficient (Wildman–Crippen LogP) is -6.53. The average Bonchev–Trinajstić information content (AvgIpc) is 1.82. The van der Waals surface area contributed by atoms with Gasteiger partial charge in [-0.05, 0) is 12.1 Å². The van der Waals surface area contributed by atoms with Crippen molar-refractivity contribution in [2.24, 2.45) is 0 Å². The van der Waals surface area contributed by atoms with Gasteiger partial charge in [-0.2, -0.15) is 0 Å². The molecule has 1 aromatic carbocycles. The molecule has 66 valence electrons. The minimum Gasteiger partial charge on any atom is -0.683 e. The van der Waals surface area contributed by atoms with Gasteiger partial charge < -0.3 is 14.7 Å². The van der Waals surface area contributed by atoms with Gasteiger partial charge in [0.05, 0.1) is 10.0 Å². The van der Waals surface area contributed by atoms with Crippen LogP contribution >= 0.6 is 31.1 Å². The summed E-state index contributed by atoms with van der Waals surface area (Å²) in [6, 6.07) is 4.06. The first kappa shape index (κ1) is 19.7. The van der Waals surface area contributed by atoms with Crippen LogP contribution in [-0.4, -0.2) is 0 Å². The van der Waals surface area contributed by atoms with Gasteiger partial charge in [0.2, 0.25) is 0 Å². The molecule has 1 aromatic rings. The first-order chi connectivity index (χ1) is 5.43. The van der Waals surface area contributed by atoms with E-state index in [2.05, 4.69) is 0 Å². The molecule has 14 heavy (non-hydrogen) atoms. The third kappa shape index (κ3) is 5.82. The standard InChI is InChI=1S/C6H5Cl2O3P.2K/c7-4-2-1-3-5(8)6(4)12(9,10)11;;/h1-3H,(H2,9,10,11);;/q;2*+1/p-2. The fourth-order valence-corrected chi connectivity index (χ4v) is 2.44. The second-order valence-electron chi connectivity index (χ2n) is 2.07. The van der Waals surface area contributed by atoms with Crippen LogP contribution in [0.15, 0.2) is 18.2 Å². The summed E-state index contributed by atoms with van der Waals surface area (Å²) in [5.41, 5.74) is 0. The molecular formula is C6H3Cl2K2O3P. The van der Waals surface area contributed by atoms with Crippen LogP contribution in [-0.2, 0) is 0 Å². The normalized spacial score (nSPS) is 10.1. The number of rotatable bonds is 1. The van der Waals surface area contributed by atoms with E-state index >= 15 is 0 Å². The summed E-state index contributed by atoms with van der Waals surface area (Å²) in [6.45, 7) is 0. The summed E-state index contributed by atoms with van der Waals surface area (Å²) in [4.78, 5) is 31.7. The zero-order chi connectivity index (χ0) is 9.35. The van der Waals surface area contributed by atoms with Crippen LogP contribution in [0.25, 0.3) is 0 Å². The molecule has 0 N–H and O–H groups in total. The topological polar surface area (TPSA) is 69.2 Å². The van der Waals surface area contributed by atoms with Gasteiger partial charge in [-0.1, -0.05) is 29.3 Å². The molecule has 0 aromatic heterocycles. The molecule has 0 radical (unpaired) electrons. The van der Waals surface area contributed by atoms with Crippen molar-refractivity contribution in [1.82, 2.24) is 0 Å². The van der Waals surface area contributed by atoms with Crippen molar-refractivity contribution in [2.75, 3.05) is 0 Å². The molecule has 0 saturated carbocycles. The van der Waals surface area contributed by atoms with Gasteiger partial charge in [0.25, 0.3) is 0 Å². The second kappa shape index (κ2) is 8.48. The van der Waals surface area contributed by atoms with E-state index in [0.29, 0.717) is 0 Å². The van der Waals surface area contributed by atoms with Crippen LogP contribution in [0, 0.1) is 0 Å². The summed E-state index contributed by atoms with van der Waals surface area (Å²) in [5, 5.41) is -0.819. The zero-order valence-corrected chi connectivity index (χ0v) is 16.3. The van der Waals surface area contributed by atoms with E-state index in [1.807, 2.05) is 0 Å². The van der Waals surface area contributed by atoms with Crippen molar-refractivity contribution in [3.63, 3.8) is 0 Å². The third-order valence-electron chi connectivity index (χ3n) is 1.21. The van der Waals surface area contributed by atoms with E-state index < -0.39 is 13.2 Å². The number of hydrogen-bond donors (Lipinski definition) is 0. The summed E-state index contributed by atoms with van der Waals surface area (Å²) in [5.74, 6) is 0. The van der Waals surface area contributed by atoms with E-state index in [1.165, 1.54) is 18.2 Å². The number of halogens is 2. The molecule has 0 heterocycles. The molecule has 0 spiro atoms. The monoisotopic (exact) mass is 302 g/mol. The molecule has 3 nitrogen and oxygen atoms in total. The Morgan fingerprint density at radius 2 is 1.29 bits per heavy atom. The van der Waals surface area contributed by atoms with Crippen molar-refractivity contribution >= 4 is 36.4 Å². The minimum atomic E-state index is -4.86. The van der Waals surface area contributed by atoms with Crippen molar-refractivity contribution in [1.29, 1.82) is 0 Å². The maximum absolute atomic E-state index is 10.6. The summed E-state index contributed by atoms with van der Waals surface area (Å²) in [7, 11) is -4.86. The fourth-order valence-electron chi connectivity index (χ4n) is 0.751. The van der Waals surface area contributed by atoms with E-state index in [4.69, 9.17) is 23.2 Å². The van der Waals surface area contributed by atoms with Crippen LogP contribution in [0.3, 0.4) is 0 Å². The maximum atomic E-state index is 10.6. The number of hydrogen-bond acceptors (Lipinski definition) is 3. The maximum Gasteiger partial charge on any atom is 1.00 e. The van der Waals surface area contributed by atoms with Crippen LogP contribution in [0.4, 0.5) is 0 Å². The Hall–Kier alpha value is 3.38. The quantitative estimate of drug-likeness (QED) is 0.383. The first-order valence-corrected chi connectivity index (χ1v) is 5.19. The molecule has 0 amide bonds. The minimum absolute atomic E-state index is 0. The molecule has 0 atom stereocenters. The van der Waals surface area contributed by atoms with E-state index in [9.17, 15) is 14.7 Å². The Kier molecular flexibility index (Phi) is 11.9. The van der Waals surface area contributed by atoms with Crippen LogP contribution in [0.1, 0.15) is 0 Å². The smallest absolute Gasteiger partial charge is 0.683 e. The van der Waals surface area contributed by atoms with Crippen molar-refractivity contribution in [3.05, 3.63) is 28.2 Å². The molecule has 0 aliphatic heterocycles. The van der Waals surface area contributed by atoms with Crippen molar-refractivity contribution < 1.29 is 117 Å². The van der Waals surface area contributed by atoms with Crippen LogP contribution in [0.2, 0.25) is 10.0 Å². The molecular weight excluding hydrogens is 300 g/mol. The van der Waals surface area contributed by atoms with Gasteiger partial charge in [-0.15, -0.1) is 7.94 Å². The van der Waals surface area contributed by atoms with E-state index in [-0.39, 0.29) is 113 Å². The van der Waals surface area contributed by atoms with Crippen molar-refractivity contribution in [3.8, 4) is 0 Å². The summed E-state index contributed by atoms with van der Waals surface area (Å²) < 4.78 is 0. The van der Waals surface area contributed by atoms with Gasteiger partial charge in [0, 0.05) is 0 Å². The molecule has 0 unspecified atom stereocenters. The Morgan fingerprint density at radius 3 is 1.50 bits per heavy atom. The van der Waals surface area contributed by atoms with Crippen molar-refractivity contribution in [2.45, 2.75) is 0 Å². The Bertz CT molecular complexity index is 285. The summed E-state index contributed by atoms with van der Waals surface area (Å²) in [6.07, 6.45) is 0. The molecule has 0 aliphatic rings. The Morgan fingerprint density at radius 1 is 0.929 bits per heavy atom. The van der Waals surface area contributed by atoms with E-state index in [0.717, 1.165) is 0 Å². The van der Waals surface area contributed by atoms with Gasteiger partial charge >= 0.3 is 103 Å². The molecule has 0 aliphatic carbocycles. The van der Waals surface area contributed by atoms with Gasteiger partial charge in [0.1, 0.15) is 5.30 Å². The molecule has 0 fully saturated rings. The molecule has 0 saturated heterocycles. The Labute approximate surface area is 178 Å². The summed E-state index contributed by atoms with van der Waals surface area (Å²) >= 11 is 10.9. The zero-order valence-electron chi connectivity index (χ0n) is 7.66. The Balaban J connectivity index is 0. The fraction of sp³-hybridized carbons (Fsp3) is 0. The van der Waals surface area contributed by atoms with Gasteiger partial charge in [0.15, 0.2) is 0 Å². The predicted molar refractivity (Wildman–Crippen MR) is 43.0 cm³/mol. The first-order valence-electron chi connectivity index (χ1n) is 2.89. The largest absolute Gasteiger partial charge is 1.00 e. The molecule has 8 heteroatoms. The average molecular weight is 303 g/mol. The second-order valence-corrected chi connectivity index (χ2v) is 4.32. The molecule has 1 rings (SSSR count). The van der Waals surface area contributed by atoms with Crippen LogP contribution < -0.4 is 123 Å². The SMILES string of the molecule is [K+].[K+].[O-][P+]([O-])([O-])c1c(Cl)cccc1Cl. The third-order valence-corrected chi connectivity index (χ3v) is 3.13.